The Kier molecular flexibility index (Phi) is 4.58. The molecule has 0 aliphatic carbocycles. The summed E-state index contributed by atoms with van der Waals surface area (Å²) in [4.78, 5) is 19.7. The van der Waals surface area contributed by atoms with Crippen LogP contribution >= 0.6 is 11.3 Å². The molecule has 0 fully saturated rings. The molecule has 140 valence electrons. The molecule has 2 aromatic carbocycles. The fourth-order valence-corrected chi connectivity index (χ4v) is 3.64. The number of hydrogen-bond acceptors (Lipinski definition) is 7. The van der Waals surface area contributed by atoms with Crippen LogP contribution in [0.25, 0.3) is 21.3 Å². The maximum absolute atomic E-state index is 13.3. The summed E-state index contributed by atoms with van der Waals surface area (Å²) in [6.07, 6.45) is 1.35. The van der Waals surface area contributed by atoms with E-state index < -0.39 is 4.92 Å². The molecule has 28 heavy (non-hydrogen) atoms. The van der Waals surface area contributed by atoms with Crippen LogP contribution in [0.4, 0.5) is 10.1 Å². The molecule has 0 bridgehead atoms. The number of thiophene rings is 1. The van der Waals surface area contributed by atoms with Crippen LogP contribution in [-0.2, 0) is 0 Å². The minimum Gasteiger partial charge on any atom is -0.493 e. The zero-order valence-electron chi connectivity index (χ0n) is 14.5. The van der Waals surface area contributed by atoms with Gasteiger partial charge in [-0.15, -0.1) is 11.3 Å². The summed E-state index contributed by atoms with van der Waals surface area (Å²) in [7, 11) is 1.44. The third-order valence-corrected chi connectivity index (χ3v) is 4.94. The molecule has 4 rings (SSSR count). The normalized spacial score (nSPS) is 10.8. The number of hydrogen-bond donors (Lipinski definition) is 0. The highest BCUT2D eigenvalue weighted by molar-refractivity contribution is 7.17. The van der Waals surface area contributed by atoms with E-state index in [-0.39, 0.29) is 23.1 Å². The molecular formula is C19H12FN3O4S. The second-order valence-corrected chi connectivity index (χ2v) is 6.57. The monoisotopic (exact) mass is 397 g/mol. The molecule has 0 saturated carbocycles. The summed E-state index contributed by atoms with van der Waals surface area (Å²) in [6, 6.07) is 10.1. The van der Waals surface area contributed by atoms with Gasteiger partial charge in [-0.2, -0.15) is 0 Å². The fraction of sp³-hybridized carbons (Fsp3) is 0.0526. The summed E-state index contributed by atoms with van der Waals surface area (Å²) < 4.78 is 24.4. The molecule has 0 aliphatic rings. The standard InChI is InChI=1S/C19H12FN3O4S/c1-26-15-7-6-13(23(24)25)8-16(15)27-18-17-14(9-28-19(17)22-10-21-18)11-2-4-12(20)5-3-11/h2-10H,1H3. The van der Waals surface area contributed by atoms with Gasteiger partial charge in [-0.3, -0.25) is 10.1 Å². The largest absolute Gasteiger partial charge is 0.493 e. The van der Waals surface area contributed by atoms with Crippen LogP contribution in [0, 0.1) is 15.9 Å². The van der Waals surface area contributed by atoms with Gasteiger partial charge in [-0.1, -0.05) is 12.1 Å². The third kappa shape index (κ3) is 3.23. The SMILES string of the molecule is COc1ccc([N+](=O)[O-])cc1Oc1ncnc2scc(-c3ccc(F)cc3)c12. The first kappa shape index (κ1) is 17.8. The average molecular weight is 397 g/mol. The predicted octanol–water partition coefficient (Wildman–Crippen LogP) is 5.21. The lowest BCUT2D eigenvalue weighted by Gasteiger charge is -2.11. The van der Waals surface area contributed by atoms with Gasteiger partial charge in [-0.05, 0) is 23.8 Å². The van der Waals surface area contributed by atoms with E-state index in [1.54, 1.807) is 12.1 Å². The average Bonchev–Trinajstić information content (AvgIpc) is 3.13. The number of non-ortho nitro benzene ring substituents is 1. The van der Waals surface area contributed by atoms with E-state index in [1.807, 2.05) is 5.38 Å². The van der Waals surface area contributed by atoms with Crippen LogP contribution in [0.2, 0.25) is 0 Å². The molecule has 0 spiro atoms. The Morgan fingerprint density at radius 1 is 1.11 bits per heavy atom. The first-order valence-electron chi connectivity index (χ1n) is 8.05. The summed E-state index contributed by atoms with van der Waals surface area (Å²) in [5.41, 5.74) is 1.42. The molecule has 2 heterocycles. The Morgan fingerprint density at radius 2 is 1.89 bits per heavy atom. The number of nitrogens with zero attached hydrogens (tertiary/aromatic N) is 3. The van der Waals surface area contributed by atoms with E-state index in [0.29, 0.717) is 16.0 Å². The number of fused-ring (bicyclic) bond motifs is 1. The maximum atomic E-state index is 13.3. The minimum absolute atomic E-state index is 0.134. The van der Waals surface area contributed by atoms with Gasteiger partial charge in [0.2, 0.25) is 5.88 Å². The predicted molar refractivity (Wildman–Crippen MR) is 103 cm³/mol. The van der Waals surface area contributed by atoms with Crippen molar-refractivity contribution in [3.8, 4) is 28.5 Å². The summed E-state index contributed by atoms with van der Waals surface area (Å²) in [5.74, 6) is 0.380. The molecule has 2 aromatic heterocycles. The molecular weight excluding hydrogens is 385 g/mol. The van der Waals surface area contributed by atoms with E-state index >= 15 is 0 Å². The Hall–Kier alpha value is -3.59. The van der Waals surface area contributed by atoms with Crippen LogP contribution in [0.3, 0.4) is 0 Å². The highest BCUT2D eigenvalue weighted by Gasteiger charge is 2.18. The van der Waals surface area contributed by atoms with E-state index in [4.69, 9.17) is 9.47 Å². The van der Waals surface area contributed by atoms with Gasteiger partial charge >= 0.3 is 0 Å². The van der Waals surface area contributed by atoms with E-state index in [1.165, 1.54) is 55.1 Å². The molecule has 7 nitrogen and oxygen atoms in total. The molecule has 0 saturated heterocycles. The maximum Gasteiger partial charge on any atom is 0.273 e. The first-order valence-corrected chi connectivity index (χ1v) is 8.93. The molecule has 0 aliphatic heterocycles. The highest BCUT2D eigenvalue weighted by Crippen LogP contribution is 2.41. The number of nitro groups is 1. The number of methoxy groups -OCH3 is 1. The third-order valence-electron chi connectivity index (χ3n) is 4.06. The van der Waals surface area contributed by atoms with Crippen molar-refractivity contribution in [2.75, 3.05) is 7.11 Å². The van der Waals surface area contributed by atoms with Crippen LogP contribution in [0.15, 0.2) is 54.2 Å². The number of halogens is 1. The lowest BCUT2D eigenvalue weighted by Crippen LogP contribution is -1.96. The number of nitro benzene ring substituents is 1. The van der Waals surface area contributed by atoms with Crippen LogP contribution in [0.1, 0.15) is 0 Å². The van der Waals surface area contributed by atoms with Crippen molar-refractivity contribution in [1.82, 2.24) is 9.97 Å². The van der Waals surface area contributed by atoms with E-state index in [9.17, 15) is 14.5 Å². The zero-order chi connectivity index (χ0) is 19.7. The van der Waals surface area contributed by atoms with Crippen molar-refractivity contribution in [1.29, 1.82) is 0 Å². The number of rotatable bonds is 5. The van der Waals surface area contributed by atoms with E-state index in [0.717, 1.165) is 11.1 Å². The molecule has 0 unspecified atom stereocenters. The van der Waals surface area contributed by atoms with Gasteiger partial charge in [0.1, 0.15) is 17.0 Å². The Bertz CT molecular complexity index is 1180. The fourth-order valence-electron chi connectivity index (χ4n) is 2.73. The van der Waals surface area contributed by atoms with Crippen molar-refractivity contribution in [2.24, 2.45) is 0 Å². The zero-order valence-corrected chi connectivity index (χ0v) is 15.3. The molecule has 0 radical (unpaired) electrons. The summed E-state index contributed by atoms with van der Waals surface area (Å²) in [5, 5.41) is 13.6. The number of aromatic nitrogens is 2. The van der Waals surface area contributed by atoms with Gasteiger partial charge in [0.25, 0.3) is 5.69 Å². The highest BCUT2D eigenvalue weighted by atomic mass is 32.1. The van der Waals surface area contributed by atoms with Gasteiger partial charge in [0, 0.05) is 17.0 Å². The Balaban J connectivity index is 1.84. The number of benzene rings is 2. The summed E-state index contributed by atoms with van der Waals surface area (Å²) in [6.45, 7) is 0. The van der Waals surface area contributed by atoms with Crippen LogP contribution < -0.4 is 9.47 Å². The smallest absolute Gasteiger partial charge is 0.273 e. The minimum atomic E-state index is -0.517. The molecule has 4 aromatic rings. The second kappa shape index (κ2) is 7.20. The van der Waals surface area contributed by atoms with Crippen molar-refractivity contribution < 1.29 is 18.8 Å². The lowest BCUT2D eigenvalue weighted by atomic mass is 10.1. The van der Waals surface area contributed by atoms with Gasteiger partial charge in [-0.25, -0.2) is 14.4 Å². The van der Waals surface area contributed by atoms with E-state index in [2.05, 4.69) is 9.97 Å². The number of ether oxygens (including phenoxy) is 2. The van der Waals surface area contributed by atoms with Gasteiger partial charge in [0.05, 0.1) is 23.5 Å². The van der Waals surface area contributed by atoms with Crippen molar-refractivity contribution in [3.63, 3.8) is 0 Å². The van der Waals surface area contributed by atoms with Crippen molar-refractivity contribution in [3.05, 3.63) is 70.1 Å². The first-order chi connectivity index (χ1) is 13.6. The molecule has 0 amide bonds. The molecule has 0 atom stereocenters. The quantitative estimate of drug-likeness (QED) is 0.339. The Morgan fingerprint density at radius 3 is 2.61 bits per heavy atom. The molecule has 0 N–H and O–H groups in total. The van der Waals surface area contributed by atoms with Crippen LogP contribution in [-0.4, -0.2) is 22.0 Å². The topological polar surface area (TPSA) is 87.4 Å². The molecule has 9 heteroatoms. The second-order valence-electron chi connectivity index (χ2n) is 5.71. The lowest BCUT2D eigenvalue weighted by molar-refractivity contribution is -0.384. The van der Waals surface area contributed by atoms with Crippen LogP contribution in [0.5, 0.6) is 17.4 Å². The van der Waals surface area contributed by atoms with Crippen molar-refractivity contribution >= 4 is 27.2 Å². The van der Waals surface area contributed by atoms with Gasteiger partial charge in [0.15, 0.2) is 11.5 Å². The van der Waals surface area contributed by atoms with Gasteiger partial charge < -0.3 is 9.47 Å². The summed E-state index contributed by atoms with van der Waals surface area (Å²) >= 11 is 1.39. The van der Waals surface area contributed by atoms with Crippen molar-refractivity contribution in [2.45, 2.75) is 0 Å². The Labute approximate surface area is 162 Å².